The lowest BCUT2D eigenvalue weighted by Crippen LogP contribution is -1.83. The Morgan fingerprint density at radius 2 is 0.905 bits per heavy atom. The first-order chi connectivity index (χ1) is 10.4. The molecule has 0 heterocycles. The predicted octanol–water partition coefficient (Wildman–Crippen LogP) is 7.44. The zero-order valence-corrected chi connectivity index (χ0v) is 14.6. The van der Waals surface area contributed by atoms with Crippen LogP contribution in [0.5, 0.6) is 0 Å². The minimum Gasteiger partial charge on any atom is -0.259 e. The molecule has 1 N–H and O–H groups in total. The second-order valence-corrected chi connectivity index (χ2v) is 6.44. The third-order valence-electron chi connectivity index (χ3n) is 4.30. The van der Waals surface area contributed by atoms with E-state index < -0.39 is 0 Å². The minimum absolute atomic E-state index is 1.04. The molecule has 0 fully saturated rings. The van der Waals surface area contributed by atoms with Crippen molar-refractivity contribution in [3.63, 3.8) is 0 Å². The molecule has 0 unspecified atom stereocenters. The summed E-state index contributed by atoms with van der Waals surface area (Å²) >= 11 is 0. The average Bonchev–Trinajstić information content (AvgIpc) is 2.50. The van der Waals surface area contributed by atoms with E-state index in [0.717, 1.165) is 6.42 Å². The van der Waals surface area contributed by atoms with E-state index in [-0.39, 0.29) is 0 Å². The van der Waals surface area contributed by atoms with Gasteiger partial charge in [0, 0.05) is 0 Å². The molecule has 0 saturated carbocycles. The van der Waals surface area contributed by atoms with Crippen LogP contribution in [0.15, 0.2) is 6.08 Å². The first-order valence-corrected chi connectivity index (χ1v) is 9.65. The van der Waals surface area contributed by atoms with Crippen LogP contribution in [-0.2, 0) is 0 Å². The van der Waals surface area contributed by atoms with Gasteiger partial charge < -0.3 is 0 Å². The SMILES string of the molecule is CCCCCCCCCCCCCCCCCCC=C=N. The molecular weight excluding hydrogens is 254 g/mol. The lowest BCUT2D eigenvalue weighted by Gasteiger charge is -2.03. The van der Waals surface area contributed by atoms with Gasteiger partial charge in [-0.25, -0.2) is 0 Å². The van der Waals surface area contributed by atoms with Crippen molar-refractivity contribution in [3.8, 4) is 0 Å². The van der Waals surface area contributed by atoms with Gasteiger partial charge in [0.15, 0.2) is 0 Å². The van der Waals surface area contributed by atoms with E-state index in [1.54, 1.807) is 0 Å². The van der Waals surface area contributed by atoms with Gasteiger partial charge in [0.2, 0.25) is 0 Å². The normalized spacial score (nSPS) is 10.5. The third kappa shape index (κ3) is 19.4. The zero-order valence-electron chi connectivity index (χ0n) is 14.6. The maximum atomic E-state index is 6.79. The highest BCUT2D eigenvalue weighted by molar-refractivity contribution is 5.46. The maximum absolute atomic E-state index is 6.79. The third-order valence-corrected chi connectivity index (χ3v) is 4.30. The highest BCUT2D eigenvalue weighted by atomic mass is 14.3. The summed E-state index contributed by atoms with van der Waals surface area (Å²) in [6.45, 7) is 2.29. The molecule has 1 nitrogen and oxygen atoms in total. The molecular formula is C20H39N. The van der Waals surface area contributed by atoms with Crippen LogP contribution < -0.4 is 0 Å². The summed E-state index contributed by atoms with van der Waals surface area (Å²) in [5.41, 5.74) is 0. The van der Waals surface area contributed by atoms with E-state index in [9.17, 15) is 0 Å². The van der Waals surface area contributed by atoms with Gasteiger partial charge >= 0.3 is 0 Å². The van der Waals surface area contributed by atoms with Crippen LogP contribution >= 0.6 is 0 Å². The van der Waals surface area contributed by atoms with Crippen molar-refractivity contribution in [1.82, 2.24) is 0 Å². The summed E-state index contributed by atoms with van der Waals surface area (Å²) in [7, 11) is 0. The van der Waals surface area contributed by atoms with Gasteiger partial charge in [0.05, 0.1) is 0 Å². The Labute approximate surface area is 134 Å². The fraction of sp³-hybridized carbons (Fsp3) is 0.900. The molecule has 0 aliphatic carbocycles. The molecule has 0 amide bonds. The number of nitrogens with one attached hydrogen (secondary N) is 1. The molecule has 1 heteroatoms. The Hall–Kier alpha value is -0.550. The van der Waals surface area contributed by atoms with Crippen molar-refractivity contribution in [3.05, 3.63) is 6.08 Å². The van der Waals surface area contributed by atoms with Gasteiger partial charge in [-0.05, 0) is 24.8 Å². The largest absolute Gasteiger partial charge is 0.259 e. The highest BCUT2D eigenvalue weighted by Crippen LogP contribution is 2.13. The Kier molecular flexibility index (Phi) is 18.9. The monoisotopic (exact) mass is 293 g/mol. The standard InChI is InChI=1S/C20H39N/c1-2-3-4-5-6-7-8-9-10-11-12-13-14-15-16-17-18-19-20-21/h19,21H,2-18H2,1H3. The van der Waals surface area contributed by atoms with E-state index in [4.69, 9.17) is 5.41 Å². The molecule has 0 aliphatic heterocycles. The summed E-state index contributed by atoms with van der Waals surface area (Å²) in [6, 6.07) is 0. The molecule has 0 aliphatic rings. The van der Waals surface area contributed by atoms with Gasteiger partial charge in [-0.15, -0.1) is 0 Å². The molecule has 0 aromatic carbocycles. The van der Waals surface area contributed by atoms with E-state index in [1.807, 2.05) is 6.08 Å². The molecule has 0 aromatic heterocycles. The Morgan fingerprint density at radius 3 is 1.24 bits per heavy atom. The molecule has 124 valence electrons. The van der Waals surface area contributed by atoms with Crippen molar-refractivity contribution < 1.29 is 0 Å². The van der Waals surface area contributed by atoms with E-state index in [2.05, 4.69) is 12.8 Å². The molecule has 0 radical (unpaired) electrons. The van der Waals surface area contributed by atoms with E-state index in [1.165, 1.54) is 103 Å². The molecule has 0 saturated heterocycles. The lowest BCUT2D eigenvalue weighted by molar-refractivity contribution is 0.530. The topological polar surface area (TPSA) is 23.9 Å². The Morgan fingerprint density at radius 1 is 0.571 bits per heavy atom. The number of hydrogen-bond acceptors (Lipinski definition) is 1. The average molecular weight is 294 g/mol. The molecule has 0 atom stereocenters. The van der Waals surface area contributed by atoms with Crippen molar-refractivity contribution in [2.45, 2.75) is 116 Å². The van der Waals surface area contributed by atoms with Gasteiger partial charge in [-0.2, -0.15) is 0 Å². The molecule has 0 rings (SSSR count). The molecule has 21 heavy (non-hydrogen) atoms. The quantitative estimate of drug-likeness (QED) is 0.213. The van der Waals surface area contributed by atoms with Gasteiger partial charge in [-0.1, -0.05) is 103 Å². The van der Waals surface area contributed by atoms with Crippen LogP contribution in [0.4, 0.5) is 0 Å². The lowest BCUT2D eigenvalue weighted by atomic mass is 10.0. The summed E-state index contributed by atoms with van der Waals surface area (Å²) in [6.07, 6.45) is 25.6. The summed E-state index contributed by atoms with van der Waals surface area (Å²) in [5.74, 6) is 2.34. The summed E-state index contributed by atoms with van der Waals surface area (Å²) in [4.78, 5) is 0. The van der Waals surface area contributed by atoms with Gasteiger partial charge in [-0.3, -0.25) is 5.41 Å². The highest BCUT2D eigenvalue weighted by Gasteiger charge is 1.94. The van der Waals surface area contributed by atoms with Crippen molar-refractivity contribution in [2.24, 2.45) is 0 Å². The van der Waals surface area contributed by atoms with Crippen LogP contribution in [0.25, 0.3) is 0 Å². The molecule has 0 bridgehead atoms. The van der Waals surface area contributed by atoms with Gasteiger partial charge in [0.1, 0.15) is 0 Å². The van der Waals surface area contributed by atoms with Crippen LogP contribution in [-0.4, -0.2) is 5.87 Å². The second kappa shape index (κ2) is 19.4. The number of rotatable bonds is 17. The molecule has 0 aromatic rings. The number of unbranched alkanes of at least 4 members (excludes halogenated alkanes) is 16. The fourth-order valence-electron chi connectivity index (χ4n) is 2.87. The van der Waals surface area contributed by atoms with Gasteiger partial charge in [0.25, 0.3) is 0 Å². The number of allylic oxidation sites excluding steroid dienone is 1. The zero-order chi connectivity index (χ0) is 15.4. The van der Waals surface area contributed by atoms with Crippen molar-refractivity contribution >= 4 is 5.87 Å². The molecule has 0 spiro atoms. The van der Waals surface area contributed by atoms with Crippen LogP contribution in [0, 0.1) is 5.41 Å². The Balaban J connectivity index is 2.94. The van der Waals surface area contributed by atoms with Crippen LogP contribution in [0.1, 0.15) is 116 Å². The number of hydrogen-bond donors (Lipinski definition) is 1. The maximum Gasteiger partial charge on any atom is -0.0234 e. The van der Waals surface area contributed by atoms with E-state index >= 15 is 0 Å². The predicted molar refractivity (Wildman–Crippen MR) is 96.5 cm³/mol. The Bertz CT molecular complexity index is 228. The van der Waals surface area contributed by atoms with Crippen molar-refractivity contribution in [1.29, 1.82) is 5.41 Å². The minimum atomic E-state index is 1.04. The fourth-order valence-corrected chi connectivity index (χ4v) is 2.87. The van der Waals surface area contributed by atoms with E-state index in [0.29, 0.717) is 0 Å². The van der Waals surface area contributed by atoms with Crippen molar-refractivity contribution in [2.75, 3.05) is 0 Å². The van der Waals surface area contributed by atoms with Crippen LogP contribution in [0.2, 0.25) is 0 Å². The first kappa shape index (κ1) is 20.5. The smallest absolute Gasteiger partial charge is 0.0234 e. The van der Waals surface area contributed by atoms with Crippen LogP contribution in [0.3, 0.4) is 0 Å². The first-order valence-electron chi connectivity index (χ1n) is 9.65. The summed E-state index contributed by atoms with van der Waals surface area (Å²) < 4.78 is 0. The summed E-state index contributed by atoms with van der Waals surface area (Å²) in [5, 5.41) is 6.79. The second-order valence-electron chi connectivity index (χ2n) is 6.44.